The number of rotatable bonds is 3. The van der Waals surface area contributed by atoms with E-state index in [0.717, 1.165) is 0 Å². The maximum absolute atomic E-state index is 12.3. The van der Waals surface area contributed by atoms with Crippen molar-refractivity contribution >= 4 is 23.4 Å². The van der Waals surface area contributed by atoms with Crippen molar-refractivity contribution in [2.75, 3.05) is 24.7 Å². The number of hydrogen-bond donors (Lipinski definition) is 1. The summed E-state index contributed by atoms with van der Waals surface area (Å²) in [7, 11) is 3.34. The molecule has 1 aromatic heterocycles. The summed E-state index contributed by atoms with van der Waals surface area (Å²) >= 11 is 4.58. The summed E-state index contributed by atoms with van der Waals surface area (Å²) in [5, 5.41) is 0. The molecule has 0 amide bonds. The Labute approximate surface area is 89.8 Å². The minimum atomic E-state index is -3.82. The second kappa shape index (κ2) is 4.01. The van der Waals surface area contributed by atoms with E-state index in [1.54, 1.807) is 19.0 Å². The maximum Gasteiger partial charge on any atom is 0.488 e. The van der Waals surface area contributed by atoms with Crippen molar-refractivity contribution in [3.63, 3.8) is 0 Å². The summed E-state index contributed by atoms with van der Waals surface area (Å²) in [4.78, 5) is 8.81. The molecular weight excluding hydrogens is 230 g/mol. The Bertz CT molecular complexity index is 355. The predicted molar refractivity (Wildman–Crippen MR) is 52.2 cm³/mol. The first-order valence-electron chi connectivity index (χ1n) is 3.85. The lowest BCUT2D eigenvalue weighted by Gasteiger charge is -2.14. The molecule has 15 heavy (non-hydrogen) atoms. The highest BCUT2D eigenvalue weighted by molar-refractivity contribution is 6.20. The van der Waals surface area contributed by atoms with Crippen LogP contribution in [0.15, 0.2) is 6.07 Å². The van der Waals surface area contributed by atoms with E-state index in [-0.39, 0.29) is 11.8 Å². The van der Waals surface area contributed by atoms with Gasteiger partial charge in [-0.05, 0) is 0 Å². The van der Waals surface area contributed by atoms with Crippen LogP contribution in [0.3, 0.4) is 0 Å². The number of ether oxygens (including phenoxy) is 1. The zero-order chi connectivity index (χ0) is 11.6. The van der Waals surface area contributed by atoms with Crippen LogP contribution in [0.25, 0.3) is 0 Å². The highest BCUT2D eigenvalue weighted by Crippen LogP contribution is 2.25. The van der Waals surface area contributed by atoms with Gasteiger partial charge in [0.1, 0.15) is 5.82 Å². The maximum atomic E-state index is 12.3. The molecule has 8 heteroatoms. The molecular formula is C7H9ClF2N4O. The van der Waals surface area contributed by atoms with E-state index in [2.05, 4.69) is 26.3 Å². The van der Waals surface area contributed by atoms with E-state index in [1.807, 2.05) is 0 Å². The van der Waals surface area contributed by atoms with Crippen molar-refractivity contribution < 1.29 is 13.5 Å². The van der Waals surface area contributed by atoms with Crippen LogP contribution in [-0.4, -0.2) is 29.6 Å². The highest BCUT2D eigenvalue weighted by atomic mass is 35.5. The third-order valence-corrected chi connectivity index (χ3v) is 1.46. The van der Waals surface area contributed by atoms with Crippen LogP contribution in [0.4, 0.5) is 20.5 Å². The molecule has 0 radical (unpaired) electrons. The molecule has 0 spiro atoms. The van der Waals surface area contributed by atoms with Gasteiger partial charge in [0.05, 0.1) is 0 Å². The number of halogens is 3. The van der Waals surface area contributed by atoms with Gasteiger partial charge in [-0.3, -0.25) is 0 Å². The van der Waals surface area contributed by atoms with Crippen molar-refractivity contribution in [2.45, 2.75) is 5.57 Å². The number of hydrogen-bond acceptors (Lipinski definition) is 5. The summed E-state index contributed by atoms with van der Waals surface area (Å²) in [5.74, 6) is -0.207. The van der Waals surface area contributed by atoms with E-state index in [0.29, 0.717) is 5.82 Å². The molecule has 1 aromatic rings. The van der Waals surface area contributed by atoms with Crippen molar-refractivity contribution in [3.8, 4) is 5.88 Å². The summed E-state index contributed by atoms with van der Waals surface area (Å²) in [5.41, 5.74) is 1.48. The Morgan fingerprint density at radius 3 is 2.53 bits per heavy atom. The molecule has 1 rings (SSSR count). The van der Waals surface area contributed by atoms with Crippen LogP contribution in [0.5, 0.6) is 5.88 Å². The highest BCUT2D eigenvalue weighted by Gasteiger charge is 2.28. The summed E-state index contributed by atoms with van der Waals surface area (Å²) in [6, 6.07) is 1.20. The minimum absolute atomic E-state index is 0.169. The standard InChI is InChI=1S/C7H9ClF2N4O/c1-14(2)4-3-5(13-6(11)12-4)15-7(8,9)10/h3H,1-2H3,(H2,11,12,13). The molecule has 0 saturated carbocycles. The largest absolute Gasteiger partial charge is 0.488 e. The van der Waals surface area contributed by atoms with E-state index >= 15 is 0 Å². The lowest BCUT2D eigenvalue weighted by molar-refractivity contribution is -0.0990. The molecule has 0 aliphatic heterocycles. The molecule has 0 aromatic carbocycles. The van der Waals surface area contributed by atoms with Crippen LogP contribution >= 0.6 is 11.6 Å². The first kappa shape index (κ1) is 11.7. The minimum Gasteiger partial charge on any atom is -0.402 e. The number of nitrogens with zero attached hydrogens (tertiary/aromatic N) is 3. The number of aromatic nitrogens is 2. The molecule has 0 unspecified atom stereocenters. The van der Waals surface area contributed by atoms with E-state index in [4.69, 9.17) is 5.73 Å². The third kappa shape index (κ3) is 3.70. The zero-order valence-corrected chi connectivity index (χ0v) is 8.79. The van der Waals surface area contributed by atoms with E-state index < -0.39 is 5.57 Å². The first-order chi connectivity index (χ1) is 6.78. The van der Waals surface area contributed by atoms with Crippen LogP contribution in [0, 0.1) is 0 Å². The Balaban J connectivity index is 2.99. The van der Waals surface area contributed by atoms with E-state index in [9.17, 15) is 8.78 Å². The average molecular weight is 239 g/mol. The fourth-order valence-electron chi connectivity index (χ4n) is 0.830. The van der Waals surface area contributed by atoms with Crippen LogP contribution in [0.2, 0.25) is 0 Å². The predicted octanol–water partition coefficient (Wildman–Crippen LogP) is 1.29. The second-order valence-corrected chi connectivity index (χ2v) is 3.30. The van der Waals surface area contributed by atoms with Crippen LogP contribution < -0.4 is 15.4 Å². The number of nitrogen functional groups attached to an aromatic ring is 1. The van der Waals surface area contributed by atoms with Gasteiger partial charge in [-0.15, -0.1) is 8.78 Å². The number of nitrogens with two attached hydrogens (primary N) is 1. The number of alkyl halides is 3. The molecule has 0 fully saturated rings. The zero-order valence-electron chi connectivity index (χ0n) is 8.04. The topological polar surface area (TPSA) is 64.3 Å². The monoisotopic (exact) mass is 238 g/mol. The van der Waals surface area contributed by atoms with Crippen LogP contribution in [0.1, 0.15) is 0 Å². The molecule has 1 heterocycles. The summed E-state index contributed by atoms with van der Waals surface area (Å²) in [6.07, 6.45) is 0. The van der Waals surface area contributed by atoms with Gasteiger partial charge in [-0.25, -0.2) is 0 Å². The molecule has 0 bridgehead atoms. The Hall–Kier alpha value is -1.37. The average Bonchev–Trinajstić information content (AvgIpc) is 1.99. The van der Waals surface area contributed by atoms with Crippen molar-refractivity contribution in [2.24, 2.45) is 0 Å². The molecule has 5 nitrogen and oxygen atoms in total. The van der Waals surface area contributed by atoms with E-state index in [1.165, 1.54) is 6.07 Å². The summed E-state index contributed by atoms with van der Waals surface area (Å²) < 4.78 is 28.6. The van der Waals surface area contributed by atoms with Gasteiger partial charge in [0.25, 0.3) is 0 Å². The van der Waals surface area contributed by atoms with Gasteiger partial charge in [0, 0.05) is 31.8 Å². The molecule has 0 aliphatic rings. The van der Waals surface area contributed by atoms with Gasteiger partial charge in [-0.1, -0.05) is 0 Å². The van der Waals surface area contributed by atoms with Crippen molar-refractivity contribution in [3.05, 3.63) is 6.07 Å². The fraction of sp³-hybridized carbons (Fsp3) is 0.429. The Morgan fingerprint density at radius 1 is 1.47 bits per heavy atom. The second-order valence-electron chi connectivity index (χ2n) is 2.86. The van der Waals surface area contributed by atoms with Gasteiger partial charge >= 0.3 is 5.57 Å². The molecule has 2 N–H and O–H groups in total. The Morgan fingerprint density at radius 2 is 2.07 bits per heavy atom. The lowest BCUT2D eigenvalue weighted by Crippen LogP contribution is -2.18. The molecule has 0 atom stereocenters. The smallest absolute Gasteiger partial charge is 0.402 e. The molecule has 0 saturated heterocycles. The Kier molecular flexibility index (Phi) is 3.13. The SMILES string of the molecule is CN(C)c1cc(OC(F)(F)Cl)nc(N)n1. The van der Waals surface area contributed by atoms with Crippen LogP contribution in [-0.2, 0) is 0 Å². The van der Waals surface area contributed by atoms with Gasteiger partial charge in [-0.2, -0.15) is 9.97 Å². The third-order valence-electron chi connectivity index (χ3n) is 1.38. The quantitative estimate of drug-likeness (QED) is 0.804. The lowest BCUT2D eigenvalue weighted by atomic mass is 10.5. The summed E-state index contributed by atoms with van der Waals surface area (Å²) in [6.45, 7) is 0. The van der Waals surface area contributed by atoms with Gasteiger partial charge in [0.2, 0.25) is 11.8 Å². The molecule has 84 valence electrons. The first-order valence-corrected chi connectivity index (χ1v) is 4.23. The number of anilines is 2. The molecule has 0 aliphatic carbocycles. The fourth-order valence-corrected chi connectivity index (χ4v) is 0.909. The normalized spacial score (nSPS) is 11.3. The van der Waals surface area contributed by atoms with Crippen molar-refractivity contribution in [1.82, 2.24) is 9.97 Å². The van der Waals surface area contributed by atoms with Gasteiger partial charge < -0.3 is 15.4 Å². The van der Waals surface area contributed by atoms with Gasteiger partial charge in [0.15, 0.2) is 0 Å². The van der Waals surface area contributed by atoms with Crippen molar-refractivity contribution in [1.29, 1.82) is 0 Å².